The molecule has 10 heteroatoms. The molecule has 3 heterocycles. The number of aliphatic imine (C=N–C) groups is 1. The zero-order valence-corrected chi connectivity index (χ0v) is 17.7. The van der Waals surface area contributed by atoms with Gasteiger partial charge in [0.1, 0.15) is 0 Å². The fourth-order valence-electron chi connectivity index (χ4n) is 5.43. The lowest BCUT2D eigenvalue weighted by atomic mass is 9.68. The van der Waals surface area contributed by atoms with E-state index >= 15 is 0 Å². The molecule has 1 aromatic rings. The molecule has 0 radical (unpaired) electrons. The number of hydrogen-bond acceptors (Lipinski definition) is 4. The van der Waals surface area contributed by atoms with Gasteiger partial charge in [0.2, 0.25) is 11.8 Å². The summed E-state index contributed by atoms with van der Waals surface area (Å²) < 4.78 is 56.3. The minimum atomic E-state index is -2.86. The lowest BCUT2D eigenvalue weighted by molar-refractivity contribution is -0.149. The van der Waals surface area contributed by atoms with Crippen LogP contribution in [0.5, 0.6) is 0 Å². The van der Waals surface area contributed by atoms with E-state index in [0.29, 0.717) is 36.5 Å². The highest BCUT2D eigenvalue weighted by molar-refractivity contribution is 6.16. The number of ketones is 1. The van der Waals surface area contributed by atoms with Crippen molar-refractivity contribution >= 4 is 23.2 Å². The van der Waals surface area contributed by atoms with Crippen molar-refractivity contribution in [3.8, 4) is 0 Å². The Kier molecular flexibility index (Phi) is 5.16. The maximum atomic E-state index is 13.8. The first-order valence-electron chi connectivity index (χ1n) is 11.4. The summed E-state index contributed by atoms with van der Waals surface area (Å²) in [7, 11) is 0. The highest BCUT2D eigenvalue weighted by atomic mass is 19.3. The molecule has 0 aromatic carbocycles. The van der Waals surface area contributed by atoms with E-state index < -0.39 is 24.3 Å². The third-order valence-corrected chi connectivity index (χ3v) is 7.42. The second-order valence-electron chi connectivity index (χ2n) is 9.63. The van der Waals surface area contributed by atoms with Gasteiger partial charge in [0, 0.05) is 43.4 Å². The molecule has 2 atom stereocenters. The number of aromatic nitrogens is 2. The number of hydrogen-bond donors (Lipinski definition) is 0. The first-order chi connectivity index (χ1) is 15.1. The van der Waals surface area contributed by atoms with Crippen LogP contribution in [0.1, 0.15) is 74.2 Å². The van der Waals surface area contributed by atoms with E-state index in [0.717, 1.165) is 0 Å². The molecule has 1 saturated heterocycles. The Morgan fingerprint density at radius 3 is 2.44 bits per heavy atom. The SMILES string of the molecule is O=C1CC([C@H]2CC[C@@H]2C(=O)N2CCCC(F)(F)C2)=Nc2c1cnn2C1CCC(F)(F)CC1. The molecular weight excluding hydrogens is 428 g/mol. The lowest BCUT2D eigenvalue weighted by Crippen LogP contribution is -2.52. The van der Waals surface area contributed by atoms with Gasteiger partial charge in [-0.2, -0.15) is 5.10 Å². The molecule has 2 aliphatic carbocycles. The normalized spacial score (nSPS) is 29.8. The number of rotatable bonds is 3. The summed E-state index contributed by atoms with van der Waals surface area (Å²) >= 11 is 0. The van der Waals surface area contributed by atoms with Crippen molar-refractivity contribution in [3.63, 3.8) is 0 Å². The van der Waals surface area contributed by atoms with Crippen LogP contribution in [0.2, 0.25) is 0 Å². The molecule has 5 rings (SSSR count). The predicted octanol–water partition coefficient (Wildman–Crippen LogP) is 4.58. The summed E-state index contributed by atoms with van der Waals surface area (Å²) in [6.45, 7) is -0.226. The summed E-state index contributed by atoms with van der Waals surface area (Å²) in [5, 5.41) is 4.29. The number of piperidine rings is 1. The average Bonchev–Trinajstić information content (AvgIpc) is 3.11. The molecule has 0 bridgehead atoms. The number of Topliss-reactive ketones (excluding diaryl/α,β-unsaturated/α-hetero) is 1. The molecule has 1 aromatic heterocycles. The van der Waals surface area contributed by atoms with Gasteiger partial charge in [0.25, 0.3) is 5.92 Å². The molecule has 4 aliphatic rings. The van der Waals surface area contributed by atoms with Gasteiger partial charge in [-0.3, -0.25) is 9.59 Å². The summed E-state index contributed by atoms with van der Waals surface area (Å²) in [5.41, 5.74) is 0.961. The Bertz CT molecular complexity index is 963. The summed E-state index contributed by atoms with van der Waals surface area (Å²) in [6, 6.07) is -0.247. The molecule has 2 saturated carbocycles. The molecular formula is C22H26F4N4O2. The van der Waals surface area contributed by atoms with Gasteiger partial charge in [-0.05, 0) is 32.1 Å². The van der Waals surface area contributed by atoms with Crippen LogP contribution in [0.3, 0.4) is 0 Å². The third-order valence-electron chi connectivity index (χ3n) is 7.42. The molecule has 2 aliphatic heterocycles. The van der Waals surface area contributed by atoms with Gasteiger partial charge in [-0.15, -0.1) is 0 Å². The molecule has 174 valence electrons. The Balaban J connectivity index is 1.35. The van der Waals surface area contributed by atoms with Gasteiger partial charge >= 0.3 is 0 Å². The first kappa shape index (κ1) is 21.6. The van der Waals surface area contributed by atoms with Gasteiger partial charge in [0.05, 0.1) is 30.8 Å². The monoisotopic (exact) mass is 454 g/mol. The number of nitrogens with zero attached hydrogens (tertiary/aromatic N) is 4. The van der Waals surface area contributed by atoms with Gasteiger partial charge in [-0.1, -0.05) is 0 Å². The predicted molar refractivity (Wildman–Crippen MR) is 108 cm³/mol. The van der Waals surface area contributed by atoms with E-state index in [9.17, 15) is 27.2 Å². The van der Waals surface area contributed by atoms with Gasteiger partial charge < -0.3 is 4.90 Å². The minimum absolute atomic E-state index is 0.0754. The van der Waals surface area contributed by atoms with Crippen LogP contribution in [0.15, 0.2) is 11.2 Å². The number of alkyl halides is 4. The van der Waals surface area contributed by atoms with Crippen molar-refractivity contribution < 1.29 is 27.2 Å². The van der Waals surface area contributed by atoms with Crippen molar-refractivity contribution in [2.45, 2.75) is 75.7 Å². The fourth-order valence-corrected chi connectivity index (χ4v) is 5.43. The maximum Gasteiger partial charge on any atom is 0.265 e. The Morgan fingerprint density at radius 2 is 1.78 bits per heavy atom. The molecule has 1 amide bonds. The van der Waals surface area contributed by atoms with E-state index in [2.05, 4.69) is 10.1 Å². The zero-order valence-electron chi connectivity index (χ0n) is 17.7. The quantitative estimate of drug-likeness (QED) is 0.628. The third kappa shape index (κ3) is 3.85. The van der Waals surface area contributed by atoms with Crippen LogP contribution >= 0.6 is 0 Å². The van der Waals surface area contributed by atoms with Crippen molar-refractivity contribution in [1.82, 2.24) is 14.7 Å². The highest BCUT2D eigenvalue weighted by Gasteiger charge is 2.46. The van der Waals surface area contributed by atoms with Gasteiger partial charge in [0.15, 0.2) is 11.6 Å². The summed E-state index contributed by atoms with van der Waals surface area (Å²) in [6.07, 6.45) is 2.92. The minimum Gasteiger partial charge on any atom is -0.336 e. The zero-order chi connectivity index (χ0) is 22.7. The topological polar surface area (TPSA) is 67.6 Å². The van der Waals surface area contributed by atoms with Crippen LogP contribution in [0.25, 0.3) is 0 Å². The van der Waals surface area contributed by atoms with Crippen molar-refractivity contribution in [1.29, 1.82) is 0 Å². The van der Waals surface area contributed by atoms with Crippen LogP contribution in [-0.4, -0.2) is 57.0 Å². The molecule has 6 nitrogen and oxygen atoms in total. The summed E-state index contributed by atoms with van der Waals surface area (Å²) in [4.78, 5) is 31.6. The molecule has 0 unspecified atom stereocenters. The standard InChI is InChI=1S/C22H26F4N4O2/c23-21(24)7-4-13(5-8-21)30-19-16(11-27-30)18(31)10-17(28-19)14-2-3-15(14)20(32)29-9-1-6-22(25,26)12-29/h11,13-15H,1-10,12H2/t14-,15-/m0/s1. The summed E-state index contributed by atoms with van der Waals surface area (Å²) in [5.74, 6) is -6.28. The number of fused-ring (bicyclic) bond motifs is 1. The van der Waals surface area contributed by atoms with E-state index in [1.54, 1.807) is 4.68 Å². The Hall–Kier alpha value is -2.26. The van der Waals surface area contributed by atoms with Gasteiger partial charge in [-0.25, -0.2) is 27.2 Å². The Labute approximate surface area is 183 Å². The molecule has 0 spiro atoms. The second kappa shape index (κ2) is 7.66. The number of carbonyl (C=O) groups is 2. The highest BCUT2D eigenvalue weighted by Crippen LogP contribution is 2.44. The Morgan fingerprint density at radius 1 is 1.03 bits per heavy atom. The fraction of sp³-hybridized carbons (Fsp3) is 0.727. The molecule has 0 N–H and O–H groups in total. The van der Waals surface area contributed by atoms with Crippen molar-refractivity contribution in [2.24, 2.45) is 16.8 Å². The van der Waals surface area contributed by atoms with Crippen LogP contribution < -0.4 is 0 Å². The lowest BCUT2D eigenvalue weighted by Gasteiger charge is -2.42. The first-order valence-corrected chi connectivity index (χ1v) is 11.4. The second-order valence-corrected chi connectivity index (χ2v) is 9.63. The van der Waals surface area contributed by atoms with Crippen LogP contribution in [0.4, 0.5) is 23.4 Å². The van der Waals surface area contributed by atoms with E-state index in [1.807, 2.05) is 0 Å². The van der Waals surface area contributed by atoms with Crippen LogP contribution in [0, 0.1) is 11.8 Å². The average molecular weight is 454 g/mol. The smallest absolute Gasteiger partial charge is 0.265 e. The number of carbonyl (C=O) groups excluding carboxylic acids is 2. The largest absolute Gasteiger partial charge is 0.336 e. The van der Waals surface area contributed by atoms with Crippen LogP contribution in [-0.2, 0) is 4.79 Å². The van der Waals surface area contributed by atoms with Crippen molar-refractivity contribution in [2.75, 3.05) is 13.1 Å². The molecule has 32 heavy (non-hydrogen) atoms. The number of halogens is 4. The van der Waals surface area contributed by atoms with E-state index in [-0.39, 0.29) is 68.6 Å². The molecule has 3 fully saturated rings. The van der Waals surface area contributed by atoms with E-state index in [4.69, 9.17) is 0 Å². The van der Waals surface area contributed by atoms with E-state index in [1.165, 1.54) is 11.1 Å². The van der Waals surface area contributed by atoms with Crippen molar-refractivity contribution in [3.05, 3.63) is 11.8 Å². The number of likely N-dealkylation sites (tertiary alicyclic amines) is 1. The number of amides is 1. The maximum absolute atomic E-state index is 13.8.